The van der Waals surface area contributed by atoms with Crippen LogP contribution in [0, 0.1) is 0 Å². The Balaban J connectivity index is 1.85. The molecule has 2 N–H and O–H groups in total. The van der Waals surface area contributed by atoms with Crippen LogP contribution in [0.1, 0.15) is 31.1 Å². The molecule has 2 atom stereocenters. The predicted octanol–water partition coefficient (Wildman–Crippen LogP) is 3.58. The second kappa shape index (κ2) is 7.18. The summed E-state index contributed by atoms with van der Waals surface area (Å²) in [5, 5.41) is 5.76. The minimum Gasteiger partial charge on any atom is -0.441 e. The van der Waals surface area contributed by atoms with E-state index in [1.807, 2.05) is 11.8 Å². The number of halogens is 3. The first-order valence-corrected chi connectivity index (χ1v) is 9.27. The van der Waals surface area contributed by atoms with Crippen molar-refractivity contribution in [3.8, 4) is 11.3 Å². The van der Waals surface area contributed by atoms with Gasteiger partial charge in [0.2, 0.25) is 0 Å². The summed E-state index contributed by atoms with van der Waals surface area (Å²) in [7, 11) is 0. The third-order valence-corrected chi connectivity index (χ3v) is 5.01. The van der Waals surface area contributed by atoms with Crippen molar-refractivity contribution in [3.05, 3.63) is 35.5 Å². The Kier molecular flexibility index (Phi) is 4.81. The molecule has 4 rings (SSSR count). The first-order valence-electron chi connectivity index (χ1n) is 9.27. The highest BCUT2D eigenvalue weighted by Gasteiger charge is 2.34. The van der Waals surface area contributed by atoms with Gasteiger partial charge < -0.3 is 15.0 Å². The molecule has 0 saturated carbocycles. The summed E-state index contributed by atoms with van der Waals surface area (Å²) in [6, 6.07) is 3.83. The van der Waals surface area contributed by atoms with E-state index < -0.39 is 23.9 Å². The number of hydrogen-bond donors (Lipinski definition) is 2. The molecule has 2 aliphatic rings. The van der Waals surface area contributed by atoms with Crippen LogP contribution in [0.4, 0.5) is 29.6 Å². The highest BCUT2D eigenvalue weighted by Crippen LogP contribution is 2.39. The first-order chi connectivity index (χ1) is 13.7. The van der Waals surface area contributed by atoms with Gasteiger partial charge in [0.15, 0.2) is 0 Å². The Hall–Kier alpha value is -2.88. The number of alkyl halides is 3. The molecule has 0 spiro atoms. The highest BCUT2D eigenvalue weighted by atomic mass is 19.4. The Bertz CT molecular complexity index is 950. The average Bonchev–Trinajstić information content (AvgIpc) is 2.66. The van der Waals surface area contributed by atoms with Gasteiger partial charge in [0.25, 0.3) is 0 Å². The van der Waals surface area contributed by atoms with Gasteiger partial charge >= 0.3 is 12.3 Å². The molecule has 0 bridgehead atoms. The second-order valence-corrected chi connectivity index (χ2v) is 7.19. The molecular weight excluding hydrogens is 387 g/mol. The van der Waals surface area contributed by atoms with Crippen LogP contribution in [0.5, 0.6) is 0 Å². The van der Waals surface area contributed by atoms with Crippen molar-refractivity contribution in [1.29, 1.82) is 0 Å². The second-order valence-electron chi connectivity index (χ2n) is 7.19. The summed E-state index contributed by atoms with van der Waals surface area (Å²) in [6.07, 6.45) is -4.40. The third kappa shape index (κ3) is 3.84. The molecule has 1 saturated heterocycles. The number of aromatic nitrogens is 2. The topological polar surface area (TPSA) is 79.4 Å². The normalized spacial score (nSPS) is 22.0. The molecule has 0 aliphatic carbocycles. The molecule has 2 aromatic heterocycles. The lowest BCUT2D eigenvalue weighted by Crippen LogP contribution is -2.49. The van der Waals surface area contributed by atoms with Crippen LogP contribution in [-0.4, -0.2) is 41.7 Å². The van der Waals surface area contributed by atoms with Crippen molar-refractivity contribution in [1.82, 2.24) is 15.3 Å². The fourth-order valence-electron chi connectivity index (χ4n) is 3.67. The van der Waals surface area contributed by atoms with Gasteiger partial charge in [-0.05, 0) is 32.0 Å². The average molecular weight is 407 g/mol. The van der Waals surface area contributed by atoms with Crippen LogP contribution in [-0.2, 0) is 10.9 Å². The molecule has 154 valence electrons. The number of carbonyl (C=O) groups is 1. The number of anilines is 2. The van der Waals surface area contributed by atoms with Crippen LogP contribution < -0.4 is 15.5 Å². The number of nitrogens with one attached hydrogen (secondary N) is 2. The Morgan fingerprint density at radius 1 is 1.28 bits per heavy atom. The Labute approximate surface area is 165 Å². The number of rotatable bonds is 2. The predicted molar refractivity (Wildman–Crippen MR) is 101 cm³/mol. The maximum atomic E-state index is 13.6. The largest absolute Gasteiger partial charge is 0.441 e. The maximum Gasteiger partial charge on any atom is 0.416 e. The summed E-state index contributed by atoms with van der Waals surface area (Å²) in [6.45, 7) is 5.40. The molecule has 2 aromatic rings. The number of carbonyl (C=O) groups excluding carboxylic acids is 1. The van der Waals surface area contributed by atoms with Crippen LogP contribution in [0.15, 0.2) is 24.4 Å². The van der Waals surface area contributed by atoms with Gasteiger partial charge in [0.05, 0.1) is 11.3 Å². The van der Waals surface area contributed by atoms with E-state index in [9.17, 15) is 18.0 Å². The van der Waals surface area contributed by atoms with Gasteiger partial charge in [-0.2, -0.15) is 13.2 Å². The zero-order chi connectivity index (χ0) is 20.8. The van der Waals surface area contributed by atoms with Crippen molar-refractivity contribution in [2.45, 2.75) is 32.2 Å². The minimum absolute atomic E-state index is 0.140. The van der Waals surface area contributed by atoms with Crippen molar-refractivity contribution in [2.75, 3.05) is 29.9 Å². The molecule has 0 unspecified atom stereocenters. The zero-order valence-electron chi connectivity index (χ0n) is 15.9. The maximum absolute atomic E-state index is 13.6. The van der Waals surface area contributed by atoms with Gasteiger partial charge in [-0.1, -0.05) is 0 Å². The number of cyclic esters (lactones) is 1. The summed E-state index contributed by atoms with van der Waals surface area (Å²) < 4.78 is 46.0. The Morgan fingerprint density at radius 3 is 2.79 bits per heavy atom. The molecule has 29 heavy (non-hydrogen) atoms. The Morgan fingerprint density at radius 2 is 2.07 bits per heavy atom. The van der Waals surface area contributed by atoms with Crippen molar-refractivity contribution in [3.63, 3.8) is 0 Å². The van der Waals surface area contributed by atoms with E-state index in [-0.39, 0.29) is 23.4 Å². The first kappa shape index (κ1) is 19.4. The molecule has 2 aliphatic heterocycles. The number of pyridine rings is 2. The van der Waals surface area contributed by atoms with E-state index in [4.69, 9.17) is 4.74 Å². The fraction of sp³-hybridized carbons (Fsp3) is 0.421. The molecule has 7 nitrogen and oxygen atoms in total. The summed E-state index contributed by atoms with van der Waals surface area (Å²) in [5.74, 6) is 0.532. The van der Waals surface area contributed by atoms with Gasteiger partial charge in [0.1, 0.15) is 17.7 Å². The standard InChI is InChI=1S/C19H20F3N5O2/c1-10-9-27(6-5-23-10)15-8-12(19(20,21)22)7-14(25-15)13-3-4-24-17-16(13)11(2)29-18(28)26-17/h3-4,7-8,10-11,23H,5-6,9H2,1-2H3,(H,24,26,28)/t10-,11-/m0/s1. The lowest BCUT2D eigenvalue weighted by Gasteiger charge is -2.33. The van der Waals surface area contributed by atoms with E-state index in [1.54, 1.807) is 13.0 Å². The number of hydrogen-bond acceptors (Lipinski definition) is 6. The van der Waals surface area contributed by atoms with Crippen LogP contribution >= 0.6 is 0 Å². The van der Waals surface area contributed by atoms with Gasteiger partial charge in [-0.3, -0.25) is 5.32 Å². The SMILES string of the molecule is C[C@@H]1OC(=O)Nc2nccc(-c3cc(C(F)(F)F)cc(N4CCN[C@@H](C)C4)n3)c21. The minimum atomic E-state index is -4.52. The highest BCUT2D eigenvalue weighted by molar-refractivity contribution is 5.89. The van der Waals surface area contributed by atoms with Crippen molar-refractivity contribution in [2.24, 2.45) is 0 Å². The lowest BCUT2D eigenvalue weighted by atomic mass is 9.99. The van der Waals surface area contributed by atoms with Crippen molar-refractivity contribution < 1.29 is 22.7 Å². The molecule has 1 fully saturated rings. The molecule has 0 radical (unpaired) electrons. The monoisotopic (exact) mass is 407 g/mol. The number of nitrogens with zero attached hydrogens (tertiary/aromatic N) is 3. The fourth-order valence-corrected chi connectivity index (χ4v) is 3.67. The van der Waals surface area contributed by atoms with E-state index in [2.05, 4.69) is 20.6 Å². The molecular formula is C19H20F3N5O2. The molecule has 0 aromatic carbocycles. The van der Waals surface area contributed by atoms with E-state index >= 15 is 0 Å². The summed E-state index contributed by atoms with van der Waals surface area (Å²) >= 11 is 0. The summed E-state index contributed by atoms with van der Waals surface area (Å²) in [5.41, 5.74) is 0.325. The number of fused-ring (bicyclic) bond motifs is 1. The lowest BCUT2D eigenvalue weighted by molar-refractivity contribution is -0.137. The van der Waals surface area contributed by atoms with E-state index in [1.165, 1.54) is 6.20 Å². The molecule has 4 heterocycles. The quantitative estimate of drug-likeness (QED) is 0.792. The van der Waals surface area contributed by atoms with Gasteiger partial charge in [-0.25, -0.2) is 14.8 Å². The van der Waals surface area contributed by atoms with Crippen LogP contribution in [0.2, 0.25) is 0 Å². The molecule has 10 heteroatoms. The number of piperazine rings is 1. The van der Waals surface area contributed by atoms with Crippen molar-refractivity contribution >= 4 is 17.7 Å². The van der Waals surface area contributed by atoms with E-state index in [0.29, 0.717) is 30.8 Å². The number of ether oxygens (including phenoxy) is 1. The smallest absolute Gasteiger partial charge is 0.416 e. The van der Waals surface area contributed by atoms with E-state index in [0.717, 1.165) is 12.1 Å². The van der Waals surface area contributed by atoms with Gasteiger partial charge in [0, 0.05) is 43.0 Å². The molecule has 1 amide bonds. The van der Waals surface area contributed by atoms with Crippen LogP contribution in [0.25, 0.3) is 11.3 Å². The van der Waals surface area contributed by atoms with Gasteiger partial charge in [-0.15, -0.1) is 0 Å². The van der Waals surface area contributed by atoms with Crippen LogP contribution in [0.3, 0.4) is 0 Å². The third-order valence-electron chi connectivity index (χ3n) is 5.01. The summed E-state index contributed by atoms with van der Waals surface area (Å²) in [4.78, 5) is 22.1. The number of amides is 1. The zero-order valence-corrected chi connectivity index (χ0v) is 15.9.